The van der Waals surface area contributed by atoms with Gasteiger partial charge in [-0.05, 0) is 34.2 Å². The fourth-order valence-corrected chi connectivity index (χ4v) is 9.82. The molecule has 1 N–H and O–H groups in total. The van der Waals surface area contributed by atoms with Crippen molar-refractivity contribution in [3.63, 3.8) is 0 Å². The smallest absolute Gasteiger partial charge is 0.265 e. The first-order chi connectivity index (χ1) is 19.6. The van der Waals surface area contributed by atoms with Crippen LogP contribution in [0.2, 0.25) is 0 Å². The van der Waals surface area contributed by atoms with Gasteiger partial charge in [0.1, 0.15) is 0 Å². The van der Waals surface area contributed by atoms with Crippen LogP contribution in [0.4, 0.5) is 0 Å². The van der Waals surface area contributed by atoms with Crippen molar-refractivity contribution in [3.8, 4) is 0 Å². The standard InChI is InChI=1S/C36H32O4S/c1-26-32(37)34(25-41(38,39)40)33(3,24-28-16-8-4-9-17-28)35(26,29-18-10-5-11-19-29)27(2)36(34,30-20-12-6-13-21-30)31-22-14-7-15-23-31/h4-23H,1-2,24-25H2,3H3,(H,38,39,40). The number of fused-ring (bicyclic) bond motifs is 2. The second-order valence-electron chi connectivity index (χ2n) is 11.5. The van der Waals surface area contributed by atoms with E-state index < -0.39 is 37.5 Å². The van der Waals surface area contributed by atoms with E-state index in [2.05, 4.69) is 6.58 Å². The predicted molar refractivity (Wildman–Crippen MR) is 162 cm³/mol. The molecule has 2 bridgehead atoms. The third kappa shape index (κ3) is 3.30. The Morgan fingerprint density at radius 1 is 0.659 bits per heavy atom. The second kappa shape index (κ2) is 9.23. The molecule has 0 saturated heterocycles. The molecule has 0 radical (unpaired) electrons. The van der Waals surface area contributed by atoms with E-state index in [9.17, 15) is 13.0 Å². The summed E-state index contributed by atoms with van der Waals surface area (Å²) >= 11 is 0. The van der Waals surface area contributed by atoms with Gasteiger partial charge in [-0.25, -0.2) is 0 Å². The topological polar surface area (TPSA) is 71.4 Å². The normalized spacial score (nSPS) is 26.8. The molecule has 4 aromatic carbocycles. The van der Waals surface area contributed by atoms with Gasteiger partial charge in [-0.2, -0.15) is 8.42 Å². The lowest BCUT2D eigenvalue weighted by Crippen LogP contribution is -2.58. The number of hydrogen-bond donors (Lipinski definition) is 1. The first kappa shape index (κ1) is 27.1. The lowest BCUT2D eigenvalue weighted by Gasteiger charge is -2.50. The summed E-state index contributed by atoms with van der Waals surface area (Å²) in [5.41, 5.74) is -0.976. The van der Waals surface area contributed by atoms with Crippen LogP contribution in [0.25, 0.3) is 0 Å². The summed E-state index contributed by atoms with van der Waals surface area (Å²) < 4.78 is 37.1. The summed E-state index contributed by atoms with van der Waals surface area (Å²) in [4.78, 5) is 15.1. The number of carbonyl (C=O) groups excluding carboxylic acids is 1. The number of hydrogen-bond acceptors (Lipinski definition) is 3. The zero-order valence-electron chi connectivity index (χ0n) is 23.0. The number of carbonyl (C=O) groups is 1. The Hall–Kier alpha value is -4.06. The van der Waals surface area contributed by atoms with Gasteiger partial charge in [0.05, 0.1) is 22.0 Å². The number of Topliss-reactive ketones (excluding diaryl/α,β-unsaturated/α-hetero) is 1. The zero-order valence-corrected chi connectivity index (χ0v) is 23.8. The van der Waals surface area contributed by atoms with E-state index in [1.807, 2.05) is 128 Å². The number of ketones is 1. The SMILES string of the molecule is C=C1C(=O)C2(CS(=O)(=O)O)C(c3ccccc3)(c3ccccc3)C(=C)C1(c1ccccc1)C2(C)Cc1ccccc1. The van der Waals surface area contributed by atoms with Crippen molar-refractivity contribution in [1.29, 1.82) is 0 Å². The summed E-state index contributed by atoms with van der Waals surface area (Å²) in [6, 6.07) is 38.6. The zero-order chi connectivity index (χ0) is 29.1. The van der Waals surface area contributed by atoms with Crippen molar-refractivity contribution in [2.45, 2.75) is 24.2 Å². The fourth-order valence-electron chi connectivity index (χ4n) is 8.60. The molecule has 4 aromatic rings. The Bertz CT molecular complexity index is 1730. The minimum atomic E-state index is -4.69. The van der Waals surface area contributed by atoms with Gasteiger partial charge in [0.25, 0.3) is 10.1 Å². The average Bonchev–Trinajstić information content (AvgIpc) is 3.20. The predicted octanol–water partition coefficient (Wildman–Crippen LogP) is 6.74. The molecule has 0 aromatic heterocycles. The van der Waals surface area contributed by atoms with Crippen LogP contribution in [0.1, 0.15) is 29.2 Å². The van der Waals surface area contributed by atoms with Crippen LogP contribution >= 0.6 is 0 Å². The summed E-state index contributed by atoms with van der Waals surface area (Å²) in [7, 11) is -4.69. The quantitative estimate of drug-likeness (QED) is 0.154. The van der Waals surface area contributed by atoms with Crippen LogP contribution in [-0.2, 0) is 32.2 Å². The first-order valence-electron chi connectivity index (χ1n) is 13.7. The van der Waals surface area contributed by atoms with Gasteiger partial charge in [-0.15, -0.1) is 0 Å². The molecular weight excluding hydrogens is 528 g/mol. The number of benzene rings is 4. The molecule has 2 aliphatic rings. The van der Waals surface area contributed by atoms with E-state index in [0.717, 1.165) is 22.3 Å². The maximum atomic E-state index is 15.1. The van der Waals surface area contributed by atoms with Gasteiger partial charge in [-0.3, -0.25) is 9.35 Å². The van der Waals surface area contributed by atoms with Crippen molar-refractivity contribution >= 4 is 15.9 Å². The van der Waals surface area contributed by atoms with E-state index >= 15 is 4.79 Å². The van der Waals surface area contributed by atoms with Crippen molar-refractivity contribution in [2.24, 2.45) is 10.8 Å². The molecule has 0 aliphatic heterocycles. The Morgan fingerprint density at radius 2 is 1.05 bits per heavy atom. The van der Waals surface area contributed by atoms with Gasteiger partial charge < -0.3 is 0 Å². The third-order valence-electron chi connectivity index (χ3n) is 9.85. The van der Waals surface area contributed by atoms with E-state index in [4.69, 9.17) is 6.58 Å². The first-order valence-corrected chi connectivity index (χ1v) is 15.3. The van der Waals surface area contributed by atoms with E-state index in [0.29, 0.717) is 17.6 Å². The highest BCUT2D eigenvalue weighted by molar-refractivity contribution is 7.85. The van der Waals surface area contributed by atoms with Crippen LogP contribution in [0.15, 0.2) is 146 Å². The molecule has 41 heavy (non-hydrogen) atoms. The monoisotopic (exact) mass is 560 g/mol. The van der Waals surface area contributed by atoms with Gasteiger partial charge in [-0.1, -0.05) is 141 Å². The van der Waals surface area contributed by atoms with Gasteiger partial charge >= 0.3 is 0 Å². The van der Waals surface area contributed by atoms with Crippen LogP contribution < -0.4 is 0 Å². The fraction of sp³-hybridized carbons (Fsp3) is 0.194. The molecule has 206 valence electrons. The minimum absolute atomic E-state index is 0.304. The molecule has 2 aliphatic carbocycles. The maximum Gasteiger partial charge on any atom is 0.265 e. The van der Waals surface area contributed by atoms with Crippen molar-refractivity contribution in [3.05, 3.63) is 168 Å². The van der Waals surface area contributed by atoms with Crippen molar-refractivity contribution in [1.82, 2.24) is 0 Å². The van der Waals surface area contributed by atoms with Gasteiger partial charge in [0, 0.05) is 11.0 Å². The van der Waals surface area contributed by atoms with Crippen LogP contribution in [-0.4, -0.2) is 24.5 Å². The molecule has 2 fully saturated rings. The highest BCUT2D eigenvalue weighted by atomic mass is 32.2. The number of rotatable bonds is 7. The largest absolute Gasteiger partial charge is 0.294 e. The molecular formula is C36H32O4S. The molecule has 0 heterocycles. The van der Waals surface area contributed by atoms with Gasteiger partial charge in [0.15, 0.2) is 5.78 Å². The van der Waals surface area contributed by atoms with Crippen LogP contribution in [0, 0.1) is 10.8 Å². The Morgan fingerprint density at radius 3 is 1.46 bits per heavy atom. The summed E-state index contributed by atoms with van der Waals surface area (Å²) in [6.45, 7) is 11.2. The van der Waals surface area contributed by atoms with Crippen LogP contribution in [0.3, 0.4) is 0 Å². The summed E-state index contributed by atoms with van der Waals surface area (Å²) in [5.74, 6) is -1.14. The maximum absolute atomic E-state index is 15.1. The molecule has 3 atom stereocenters. The molecule has 2 saturated carbocycles. The average molecular weight is 561 g/mol. The van der Waals surface area contributed by atoms with E-state index in [1.165, 1.54) is 0 Å². The Labute approximate surface area is 241 Å². The molecule has 0 amide bonds. The highest BCUT2D eigenvalue weighted by Crippen LogP contribution is 2.83. The van der Waals surface area contributed by atoms with Crippen molar-refractivity contribution in [2.75, 3.05) is 5.75 Å². The van der Waals surface area contributed by atoms with E-state index in [1.54, 1.807) is 0 Å². The summed E-state index contributed by atoms with van der Waals surface area (Å²) in [5, 5.41) is 0. The lowest BCUT2D eigenvalue weighted by atomic mass is 9.50. The Kier molecular flexibility index (Phi) is 6.11. The lowest BCUT2D eigenvalue weighted by molar-refractivity contribution is -0.128. The molecule has 5 heteroatoms. The number of allylic oxidation sites excluding steroid dienone is 2. The molecule has 4 nitrogen and oxygen atoms in total. The van der Waals surface area contributed by atoms with Crippen molar-refractivity contribution < 1.29 is 17.8 Å². The highest BCUT2D eigenvalue weighted by Gasteiger charge is 2.87. The molecule has 3 unspecified atom stereocenters. The molecule has 6 rings (SSSR count). The second-order valence-corrected chi connectivity index (χ2v) is 13.0. The molecule has 0 spiro atoms. The van der Waals surface area contributed by atoms with Crippen LogP contribution in [0.5, 0.6) is 0 Å². The van der Waals surface area contributed by atoms with Gasteiger partial charge in [0.2, 0.25) is 0 Å². The minimum Gasteiger partial charge on any atom is -0.294 e. The van der Waals surface area contributed by atoms with E-state index in [-0.39, 0.29) is 5.78 Å². The third-order valence-corrected chi connectivity index (χ3v) is 10.6. The Balaban J connectivity index is 1.87. The summed E-state index contributed by atoms with van der Waals surface area (Å²) in [6.07, 6.45) is 0.351.